The van der Waals surface area contributed by atoms with Gasteiger partial charge in [-0.05, 0) is 62.1 Å². The number of unbranched alkanes of at least 4 members (excludes halogenated alkanes) is 1. The van der Waals surface area contributed by atoms with Crippen LogP contribution < -0.4 is 5.32 Å². The first kappa shape index (κ1) is 19.6. The van der Waals surface area contributed by atoms with Gasteiger partial charge in [-0.2, -0.15) is 0 Å². The molecule has 1 aromatic heterocycles. The zero-order valence-corrected chi connectivity index (χ0v) is 16.7. The van der Waals surface area contributed by atoms with Crippen LogP contribution in [0.4, 0.5) is 4.79 Å². The summed E-state index contributed by atoms with van der Waals surface area (Å²) in [5.41, 5.74) is 5.00. The van der Waals surface area contributed by atoms with E-state index in [1.165, 1.54) is 25.5 Å². The van der Waals surface area contributed by atoms with Crippen molar-refractivity contribution in [1.29, 1.82) is 0 Å². The van der Waals surface area contributed by atoms with Gasteiger partial charge in [0.2, 0.25) is 0 Å². The number of aryl methyl sites for hydroxylation is 2. The van der Waals surface area contributed by atoms with Gasteiger partial charge in [-0.1, -0.05) is 25.5 Å². The summed E-state index contributed by atoms with van der Waals surface area (Å²) in [5, 5.41) is 2.18. The molecule has 0 bridgehead atoms. The van der Waals surface area contributed by atoms with Gasteiger partial charge in [-0.15, -0.1) is 0 Å². The van der Waals surface area contributed by atoms with Crippen molar-refractivity contribution in [3.8, 4) is 5.69 Å². The topological polar surface area (TPSA) is 71.4 Å². The summed E-state index contributed by atoms with van der Waals surface area (Å²) < 4.78 is 2.09. The van der Waals surface area contributed by atoms with Crippen LogP contribution in [0.25, 0.3) is 11.8 Å². The van der Waals surface area contributed by atoms with Gasteiger partial charge in [0.15, 0.2) is 0 Å². The normalized spacial score (nSPS) is 16.1. The Bertz CT molecular complexity index is 968. The van der Waals surface area contributed by atoms with E-state index in [2.05, 4.69) is 41.1 Å². The third-order valence-corrected chi connectivity index (χ3v) is 5.09. The number of benzene rings is 1. The lowest BCUT2D eigenvalue weighted by Crippen LogP contribution is -2.52. The molecule has 0 atom stereocenters. The van der Waals surface area contributed by atoms with Crippen LogP contribution in [0.2, 0.25) is 0 Å². The van der Waals surface area contributed by atoms with E-state index >= 15 is 0 Å². The maximum Gasteiger partial charge on any atom is 0.331 e. The van der Waals surface area contributed by atoms with Crippen molar-refractivity contribution in [1.82, 2.24) is 14.8 Å². The molecule has 1 aliphatic heterocycles. The van der Waals surface area contributed by atoms with E-state index in [0.29, 0.717) is 0 Å². The molecule has 28 heavy (non-hydrogen) atoms. The largest absolute Gasteiger partial charge is 0.331 e. The van der Waals surface area contributed by atoms with E-state index in [9.17, 15) is 14.4 Å². The first-order valence-corrected chi connectivity index (χ1v) is 9.46. The molecule has 1 saturated heterocycles. The summed E-state index contributed by atoms with van der Waals surface area (Å²) in [7, 11) is 1.35. The van der Waals surface area contributed by atoms with E-state index in [4.69, 9.17) is 0 Å². The lowest BCUT2D eigenvalue weighted by molar-refractivity contribution is -0.129. The van der Waals surface area contributed by atoms with Crippen LogP contribution in [0, 0.1) is 13.8 Å². The van der Waals surface area contributed by atoms with Crippen molar-refractivity contribution in [3.63, 3.8) is 0 Å². The van der Waals surface area contributed by atoms with E-state index in [1.54, 1.807) is 6.08 Å². The summed E-state index contributed by atoms with van der Waals surface area (Å²) in [6, 6.07) is 9.69. The number of barbiturate groups is 1. The molecule has 0 radical (unpaired) electrons. The summed E-state index contributed by atoms with van der Waals surface area (Å²) in [4.78, 5) is 36.9. The minimum Gasteiger partial charge on any atom is -0.318 e. The highest BCUT2D eigenvalue weighted by molar-refractivity contribution is 6.30. The molecule has 6 heteroatoms. The molecule has 1 N–H and O–H groups in total. The molecule has 146 valence electrons. The Balaban J connectivity index is 1.95. The third-order valence-electron chi connectivity index (χ3n) is 5.09. The zero-order valence-electron chi connectivity index (χ0n) is 16.7. The van der Waals surface area contributed by atoms with Crippen molar-refractivity contribution in [2.75, 3.05) is 7.05 Å². The van der Waals surface area contributed by atoms with Crippen LogP contribution >= 0.6 is 0 Å². The Kier molecular flexibility index (Phi) is 5.49. The maximum atomic E-state index is 12.3. The van der Waals surface area contributed by atoms with Crippen LogP contribution in [0.5, 0.6) is 0 Å². The predicted octanol–water partition coefficient (Wildman–Crippen LogP) is 3.53. The van der Waals surface area contributed by atoms with Crippen molar-refractivity contribution in [2.45, 2.75) is 40.0 Å². The first-order chi connectivity index (χ1) is 13.3. The number of nitrogens with one attached hydrogen (secondary N) is 1. The number of imide groups is 2. The molecule has 0 spiro atoms. The number of carbonyl (C=O) groups is 3. The molecule has 2 aromatic rings. The zero-order chi connectivity index (χ0) is 20.4. The third kappa shape index (κ3) is 3.63. The lowest BCUT2D eigenvalue weighted by Gasteiger charge is -2.22. The van der Waals surface area contributed by atoms with Crippen LogP contribution in [0.3, 0.4) is 0 Å². The van der Waals surface area contributed by atoms with E-state index in [-0.39, 0.29) is 5.57 Å². The molecule has 4 amide bonds. The quantitative estimate of drug-likeness (QED) is 0.638. The average molecular weight is 379 g/mol. The van der Waals surface area contributed by atoms with Gasteiger partial charge in [0.1, 0.15) is 5.57 Å². The summed E-state index contributed by atoms with van der Waals surface area (Å²) in [5.74, 6) is -1.27. The van der Waals surface area contributed by atoms with E-state index in [0.717, 1.165) is 34.0 Å². The van der Waals surface area contributed by atoms with Gasteiger partial charge in [-0.3, -0.25) is 19.8 Å². The number of hydrogen-bond acceptors (Lipinski definition) is 3. The number of urea groups is 1. The van der Waals surface area contributed by atoms with Gasteiger partial charge >= 0.3 is 6.03 Å². The fourth-order valence-electron chi connectivity index (χ4n) is 3.42. The fraction of sp³-hybridized carbons (Fsp3) is 0.318. The molecular formula is C22H25N3O3. The minimum atomic E-state index is -0.708. The number of rotatable bonds is 5. The van der Waals surface area contributed by atoms with Crippen molar-refractivity contribution in [2.24, 2.45) is 0 Å². The molecule has 0 saturated carbocycles. The molecule has 0 unspecified atom stereocenters. The minimum absolute atomic E-state index is 0.0442. The molecule has 0 aliphatic carbocycles. The van der Waals surface area contributed by atoms with Gasteiger partial charge in [0.05, 0.1) is 0 Å². The van der Waals surface area contributed by atoms with Gasteiger partial charge in [-0.25, -0.2) is 4.79 Å². The summed E-state index contributed by atoms with van der Waals surface area (Å²) in [6.45, 7) is 6.12. The van der Waals surface area contributed by atoms with E-state index in [1.807, 2.05) is 19.9 Å². The van der Waals surface area contributed by atoms with Gasteiger partial charge < -0.3 is 4.57 Å². The second-order valence-corrected chi connectivity index (χ2v) is 7.11. The highest BCUT2D eigenvalue weighted by Gasteiger charge is 2.33. The van der Waals surface area contributed by atoms with Crippen LogP contribution in [-0.4, -0.2) is 34.4 Å². The fourth-order valence-corrected chi connectivity index (χ4v) is 3.42. The SMILES string of the molecule is CCCCc1ccc(-n2c(C)cc(/C=C3/C(=O)NC(=O)N(C)C3=O)c2C)cc1. The number of likely N-dealkylation sites (N-methyl/N-ethyl adjacent to an activating group) is 1. The predicted molar refractivity (Wildman–Crippen MR) is 108 cm³/mol. The molecule has 1 aromatic carbocycles. The molecular weight excluding hydrogens is 354 g/mol. The Morgan fingerprint density at radius 1 is 1.07 bits per heavy atom. The average Bonchev–Trinajstić information content (AvgIpc) is 2.95. The first-order valence-electron chi connectivity index (χ1n) is 9.46. The van der Waals surface area contributed by atoms with Crippen LogP contribution in [-0.2, 0) is 16.0 Å². The Labute approximate surface area is 164 Å². The van der Waals surface area contributed by atoms with Crippen molar-refractivity contribution in [3.05, 3.63) is 58.4 Å². The lowest BCUT2D eigenvalue weighted by atomic mass is 10.1. The summed E-state index contributed by atoms with van der Waals surface area (Å²) >= 11 is 0. The van der Waals surface area contributed by atoms with E-state index < -0.39 is 17.8 Å². The summed E-state index contributed by atoms with van der Waals surface area (Å²) in [6.07, 6.45) is 4.96. The number of aromatic nitrogens is 1. The number of amides is 4. The monoisotopic (exact) mass is 379 g/mol. The highest BCUT2D eigenvalue weighted by atomic mass is 16.2. The van der Waals surface area contributed by atoms with Crippen LogP contribution in [0.1, 0.15) is 42.3 Å². The number of nitrogens with zero attached hydrogens (tertiary/aromatic N) is 2. The van der Waals surface area contributed by atoms with Crippen LogP contribution in [0.15, 0.2) is 35.9 Å². The number of hydrogen-bond donors (Lipinski definition) is 1. The van der Waals surface area contributed by atoms with Gasteiger partial charge in [0, 0.05) is 24.1 Å². The molecule has 1 aliphatic rings. The highest BCUT2D eigenvalue weighted by Crippen LogP contribution is 2.24. The second-order valence-electron chi connectivity index (χ2n) is 7.11. The molecule has 6 nitrogen and oxygen atoms in total. The molecule has 2 heterocycles. The Hall–Kier alpha value is -3.15. The maximum absolute atomic E-state index is 12.3. The van der Waals surface area contributed by atoms with Gasteiger partial charge in [0.25, 0.3) is 11.8 Å². The number of carbonyl (C=O) groups excluding carboxylic acids is 3. The van der Waals surface area contributed by atoms with Crippen molar-refractivity contribution >= 4 is 23.9 Å². The Morgan fingerprint density at radius 3 is 2.39 bits per heavy atom. The van der Waals surface area contributed by atoms with Crippen molar-refractivity contribution < 1.29 is 14.4 Å². The Morgan fingerprint density at radius 2 is 1.75 bits per heavy atom. The molecule has 3 rings (SSSR count). The molecule has 1 fully saturated rings. The standard InChI is InChI=1S/C22H25N3O3/c1-5-6-7-16-8-10-18(11-9-16)25-14(2)12-17(15(25)3)13-19-20(26)23-22(28)24(4)21(19)27/h8-13H,5-7H2,1-4H3,(H,23,26,28)/b19-13-. The smallest absolute Gasteiger partial charge is 0.318 e. The second kappa shape index (κ2) is 7.84.